The topological polar surface area (TPSA) is 95.9 Å². The quantitative estimate of drug-likeness (QED) is 0.615. The first kappa shape index (κ1) is 20.3. The van der Waals surface area contributed by atoms with Crippen molar-refractivity contribution in [2.45, 2.75) is 40.3 Å². The van der Waals surface area contributed by atoms with E-state index in [9.17, 15) is 9.59 Å². The van der Waals surface area contributed by atoms with Gasteiger partial charge in [-0.15, -0.1) is 0 Å². The van der Waals surface area contributed by atoms with Crippen molar-refractivity contribution in [1.82, 2.24) is 18.7 Å². The van der Waals surface area contributed by atoms with Gasteiger partial charge in [0.15, 0.2) is 11.2 Å². The Hall–Kier alpha value is -2.46. The van der Waals surface area contributed by atoms with Crippen LogP contribution in [0, 0.1) is 0 Å². The molecule has 0 aliphatic carbocycles. The molecule has 0 saturated heterocycles. The molecule has 0 amide bonds. The minimum Gasteiger partial charge on any atom is -0.380 e. The van der Waals surface area contributed by atoms with E-state index in [1.54, 1.807) is 12.1 Å². The first-order valence-electron chi connectivity index (χ1n) is 9.62. The molecular formula is C18H28N6O4. The van der Waals surface area contributed by atoms with Crippen LogP contribution >= 0.6 is 0 Å². The van der Waals surface area contributed by atoms with Crippen LogP contribution in [0.1, 0.15) is 33.7 Å². The van der Waals surface area contributed by atoms with E-state index in [0.717, 1.165) is 5.71 Å². The molecule has 2 aromatic heterocycles. The molecule has 10 nitrogen and oxygen atoms in total. The van der Waals surface area contributed by atoms with E-state index in [2.05, 4.69) is 10.1 Å². The molecule has 1 aliphatic rings. The second kappa shape index (κ2) is 8.27. The van der Waals surface area contributed by atoms with Gasteiger partial charge in [0, 0.05) is 20.3 Å². The maximum Gasteiger partial charge on any atom is 0.332 e. The molecular weight excluding hydrogens is 364 g/mol. The summed E-state index contributed by atoms with van der Waals surface area (Å²) in [5.74, 6) is 0.544. The van der Waals surface area contributed by atoms with Crippen LogP contribution in [0.5, 0.6) is 0 Å². The van der Waals surface area contributed by atoms with Gasteiger partial charge in [-0.25, -0.2) is 9.80 Å². The highest BCUT2D eigenvalue weighted by Gasteiger charge is 2.30. The van der Waals surface area contributed by atoms with Crippen LogP contribution in [0.15, 0.2) is 14.7 Å². The predicted octanol–water partition coefficient (Wildman–Crippen LogP) is 0.727. The van der Waals surface area contributed by atoms with Crippen LogP contribution in [0.3, 0.4) is 0 Å². The van der Waals surface area contributed by atoms with E-state index >= 15 is 0 Å². The van der Waals surface area contributed by atoms with Crippen LogP contribution in [-0.4, -0.2) is 57.4 Å². The Morgan fingerprint density at radius 3 is 2.36 bits per heavy atom. The SMILES string of the molecule is CCOCCN1N=C(C)[C@@H](C)n2c1nc1c2c(=O)n(CCOCC)c(=O)n1C. The van der Waals surface area contributed by atoms with Gasteiger partial charge in [-0.1, -0.05) is 0 Å². The fraction of sp³-hybridized carbons (Fsp3) is 0.667. The van der Waals surface area contributed by atoms with Crippen LogP contribution < -0.4 is 16.3 Å². The molecule has 0 fully saturated rings. The molecule has 0 aromatic carbocycles. The van der Waals surface area contributed by atoms with Crippen LogP contribution in [0.2, 0.25) is 0 Å². The molecule has 28 heavy (non-hydrogen) atoms. The zero-order valence-electron chi connectivity index (χ0n) is 17.1. The lowest BCUT2D eigenvalue weighted by Gasteiger charge is -2.29. The molecule has 0 N–H and O–H groups in total. The number of ether oxygens (including phenoxy) is 2. The maximum absolute atomic E-state index is 13.2. The smallest absolute Gasteiger partial charge is 0.332 e. The Morgan fingerprint density at radius 1 is 1.07 bits per heavy atom. The lowest BCUT2D eigenvalue weighted by atomic mass is 10.2. The number of aromatic nitrogens is 4. The van der Waals surface area contributed by atoms with Gasteiger partial charge in [0.05, 0.1) is 38.1 Å². The average Bonchev–Trinajstić information content (AvgIpc) is 3.08. The minimum absolute atomic E-state index is 0.145. The fourth-order valence-electron chi connectivity index (χ4n) is 3.33. The average molecular weight is 392 g/mol. The molecule has 10 heteroatoms. The Kier molecular flexibility index (Phi) is 5.99. The van der Waals surface area contributed by atoms with Crippen LogP contribution in [-0.2, 0) is 23.1 Å². The lowest BCUT2D eigenvalue weighted by Crippen LogP contribution is -2.41. The number of aryl methyl sites for hydroxylation is 1. The van der Waals surface area contributed by atoms with Gasteiger partial charge in [0.2, 0.25) is 5.95 Å². The molecule has 0 bridgehead atoms. The van der Waals surface area contributed by atoms with Crippen molar-refractivity contribution >= 4 is 22.8 Å². The zero-order chi connectivity index (χ0) is 20.4. The number of imidazole rings is 1. The number of fused-ring (bicyclic) bond motifs is 3. The van der Waals surface area contributed by atoms with E-state index in [1.165, 1.54) is 9.13 Å². The van der Waals surface area contributed by atoms with E-state index in [-0.39, 0.29) is 18.1 Å². The van der Waals surface area contributed by atoms with Gasteiger partial charge >= 0.3 is 5.69 Å². The number of rotatable bonds is 8. The van der Waals surface area contributed by atoms with Gasteiger partial charge in [0.1, 0.15) is 0 Å². The van der Waals surface area contributed by atoms with Crippen LogP contribution in [0.4, 0.5) is 5.95 Å². The van der Waals surface area contributed by atoms with Gasteiger partial charge in [0.25, 0.3) is 5.56 Å². The van der Waals surface area contributed by atoms with E-state index in [0.29, 0.717) is 50.1 Å². The number of hydrogen-bond donors (Lipinski definition) is 0. The fourth-order valence-corrected chi connectivity index (χ4v) is 3.33. The van der Waals surface area contributed by atoms with Crippen molar-refractivity contribution in [2.75, 3.05) is 38.0 Å². The lowest BCUT2D eigenvalue weighted by molar-refractivity contribution is 0.137. The van der Waals surface area contributed by atoms with E-state index < -0.39 is 5.69 Å². The monoisotopic (exact) mass is 392 g/mol. The van der Waals surface area contributed by atoms with Crippen molar-refractivity contribution in [3.8, 4) is 0 Å². The summed E-state index contributed by atoms with van der Waals surface area (Å²) in [6.45, 7) is 10.3. The number of anilines is 1. The molecule has 1 atom stereocenters. The first-order valence-corrected chi connectivity index (χ1v) is 9.62. The summed E-state index contributed by atoms with van der Waals surface area (Å²) >= 11 is 0. The number of hydrazone groups is 1. The van der Waals surface area contributed by atoms with E-state index in [4.69, 9.17) is 9.47 Å². The highest BCUT2D eigenvalue weighted by Crippen LogP contribution is 2.29. The van der Waals surface area contributed by atoms with Gasteiger partial charge < -0.3 is 9.47 Å². The molecule has 1 aliphatic heterocycles. The summed E-state index contributed by atoms with van der Waals surface area (Å²) in [4.78, 5) is 30.5. The number of hydrogen-bond acceptors (Lipinski definition) is 7. The van der Waals surface area contributed by atoms with Crippen LogP contribution in [0.25, 0.3) is 11.2 Å². The van der Waals surface area contributed by atoms with Gasteiger partial charge in [-0.2, -0.15) is 10.1 Å². The van der Waals surface area contributed by atoms with Crippen molar-refractivity contribution in [3.63, 3.8) is 0 Å². The van der Waals surface area contributed by atoms with Crippen molar-refractivity contribution in [1.29, 1.82) is 0 Å². The predicted molar refractivity (Wildman–Crippen MR) is 107 cm³/mol. The maximum atomic E-state index is 13.2. The van der Waals surface area contributed by atoms with E-state index in [1.807, 2.05) is 32.3 Å². The van der Waals surface area contributed by atoms with Crippen molar-refractivity contribution in [2.24, 2.45) is 12.1 Å². The third-order valence-corrected chi connectivity index (χ3v) is 4.97. The Bertz CT molecular complexity index is 1000. The van der Waals surface area contributed by atoms with Gasteiger partial charge in [-0.3, -0.25) is 18.5 Å². The molecule has 3 rings (SSSR count). The molecule has 0 unspecified atom stereocenters. The Morgan fingerprint density at radius 2 is 1.71 bits per heavy atom. The zero-order valence-corrected chi connectivity index (χ0v) is 17.1. The molecule has 0 spiro atoms. The minimum atomic E-state index is -0.404. The van der Waals surface area contributed by atoms with Crippen molar-refractivity contribution < 1.29 is 9.47 Å². The summed E-state index contributed by atoms with van der Waals surface area (Å²) in [5, 5.41) is 6.34. The van der Waals surface area contributed by atoms with Crippen molar-refractivity contribution in [3.05, 3.63) is 20.8 Å². The summed E-state index contributed by atoms with van der Waals surface area (Å²) < 4.78 is 15.3. The summed E-state index contributed by atoms with van der Waals surface area (Å²) in [5.41, 5.74) is 0.853. The number of nitrogens with zero attached hydrogens (tertiary/aromatic N) is 6. The molecule has 0 radical (unpaired) electrons. The Labute approximate surface area is 163 Å². The largest absolute Gasteiger partial charge is 0.380 e. The first-order chi connectivity index (χ1) is 13.4. The highest BCUT2D eigenvalue weighted by atomic mass is 16.5. The normalized spacial score (nSPS) is 16.5. The molecule has 154 valence electrons. The third-order valence-electron chi connectivity index (χ3n) is 4.97. The Balaban J connectivity index is 2.17. The third kappa shape index (κ3) is 3.37. The second-order valence-electron chi connectivity index (χ2n) is 6.69. The second-order valence-corrected chi connectivity index (χ2v) is 6.69. The molecule has 2 aromatic rings. The summed E-state index contributed by atoms with van der Waals surface area (Å²) in [7, 11) is 1.63. The summed E-state index contributed by atoms with van der Waals surface area (Å²) in [6.07, 6.45) is 0. The molecule has 3 heterocycles. The summed E-state index contributed by atoms with van der Waals surface area (Å²) in [6, 6.07) is -0.145. The highest BCUT2D eigenvalue weighted by molar-refractivity contribution is 5.91. The molecule has 0 saturated carbocycles. The standard InChI is InChI=1S/C18H28N6O4/c1-6-27-10-8-22-16(25)14-15(21(5)18(22)26)19-17-23(9-11-28-7-2)20-12(3)13(4)24(14)17/h13H,6-11H2,1-5H3/t13-/m1/s1. The van der Waals surface area contributed by atoms with Gasteiger partial charge in [-0.05, 0) is 27.7 Å².